The Morgan fingerprint density at radius 3 is 2.57 bits per heavy atom. The number of nitro benzene ring substituents is 1. The maximum atomic E-state index is 13.0. The van der Waals surface area contributed by atoms with Gasteiger partial charge >= 0.3 is 0 Å². The SMILES string of the molecule is CC(C)Oc1ccc(-c2cc(C(=O)N/N=C\c3cc([N+](=O)[O-])ccc3O)c3ccccc3n2)cc1. The minimum absolute atomic E-state index is 0.0550. The number of phenols is 1. The second-order valence-corrected chi connectivity index (χ2v) is 7.96. The Balaban J connectivity index is 1.63. The maximum Gasteiger partial charge on any atom is 0.272 e. The van der Waals surface area contributed by atoms with E-state index < -0.39 is 10.8 Å². The molecule has 0 saturated heterocycles. The summed E-state index contributed by atoms with van der Waals surface area (Å²) in [5, 5.41) is 25.4. The average molecular weight is 470 g/mol. The van der Waals surface area contributed by atoms with Crippen molar-refractivity contribution in [3.05, 3.63) is 94.0 Å². The van der Waals surface area contributed by atoms with Gasteiger partial charge in [-0.2, -0.15) is 5.10 Å². The number of hydrazone groups is 1. The number of carbonyl (C=O) groups is 1. The minimum Gasteiger partial charge on any atom is -0.507 e. The van der Waals surface area contributed by atoms with Gasteiger partial charge in [-0.1, -0.05) is 18.2 Å². The van der Waals surface area contributed by atoms with Crippen LogP contribution in [0, 0.1) is 10.1 Å². The number of nitro groups is 1. The number of nitrogens with zero attached hydrogens (tertiary/aromatic N) is 3. The number of pyridine rings is 1. The Morgan fingerprint density at radius 2 is 1.86 bits per heavy atom. The molecule has 0 saturated carbocycles. The zero-order chi connectivity index (χ0) is 24.9. The number of non-ortho nitro benzene ring substituents is 1. The quantitative estimate of drug-likeness (QED) is 0.221. The molecule has 1 aromatic heterocycles. The number of para-hydroxylation sites is 1. The average Bonchev–Trinajstić information content (AvgIpc) is 2.84. The van der Waals surface area contributed by atoms with Crippen LogP contribution in [0.15, 0.2) is 77.9 Å². The predicted octanol–water partition coefficient (Wildman–Crippen LogP) is 5.07. The van der Waals surface area contributed by atoms with Crippen LogP contribution in [0.1, 0.15) is 29.8 Å². The second kappa shape index (κ2) is 10.0. The van der Waals surface area contributed by atoms with Crippen molar-refractivity contribution in [1.82, 2.24) is 10.4 Å². The van der Waals surface area contributed by atoms with Gasteiger partial charge in [-0.15, -0.1) is 0 Å². The van der Waals surface area contributed by atoms with E-state index in [1.165, 1.54) is 12.1 Å². The van der Waals surface area contributed by atoms with Gasteiger partial charge in [0.25, 0.3) is 11.6 Å². The van der Waals surface area contributed by atoms with E-state index in [1.54, 1.807) is 12.1 Å². The van der Waals surface area contributed by atoms with E-state index in [0.29, 0.717) is 22.2 Å². The molecule has 0 aliphatic heterocycles. The lowest BCUT2D eigenvalue weighted by molar-refractivity contribution is -0.384. The van der Waals surface area contributed by atoms with Gasteiger partial charge in [-0.05, 0) is 56.3 Å². The van der Waals surface area contributed by atoms with E-state index in [1.807, 2.05) is 56.3 Å². The van der Waals surface area contributed by atoms with Gasteiger partial charge < -0.3 is 9.84 Å². The van der Waals surface area contributed by atoms with Crippen molar-refractivity contribution in [2.75, 3.05) is 0 Å². The molecule has 0 atom stereocenters. The summed E-state index contributed by atoms with van der Waals surface area (Å²) >= 11 is 0. The van der Waals surface area contributed by atoms with Crippen molar-refractivity contribution in [2.24, 2.45) is 5.10 Å². The van der Waals surface area contributed by atoms with Crippen LogP contribution in [0.4, 0.5) is 5.69 Å². The van der Waals surface area contributed by atoms with Crippen LogP contribution in [0.25, 0.3) is 22.2 Å². The number of ether oxygens (including phenoxy) is 1. The molecule has 0 radical (unpaired) electrons. The Hall–Kier alpha value is -4.79. The van der Waals surface area contributed by atoms with Crippen molar-refractivity contribution < 1.29 is 19.6 Å². The summed E-state index contributed by atoms with van der Waals surface area (Å²) < 4.78 is 5.69. The monoisotopic (exact) mass is 470 g/mol. The van der Waals surface area contributed by atoms with Gasteiger partial charge in [0.15, 0.2) is 0 Å². The first-order chi connectivity index (χ1) is 16.8. The molecule has 4 aromatic rings. The predicted molar refractivity (Wildman–Crippen MR) is 133 cm³/mol. The zero-order valence-electron chi connectivity index (χ0n) is 19.0. The number of phenolic OH excluding ortho intramolecular Hbond substituents is 1. The lowest BCUT2D eigenvalue weighted by atomic mass is 10.0. The minimum atomic E-state index is -0.582. The fourth-order valence-corrected chi connectivity index (χ4v) is 3.47. The van der Waals surface area contributed by atoms with Gasteiger partial charge in [0.2, 0.25) is 0 Å². The summed E-state index contributed by atoms with van der Waals surface area (Å²) in [5.74, 6) is 0.0437. The number of rotatable bonds is 7. The third-order valence-corrected chi connectivity index (χ3v) is 5.07. The first kappa shape index (κ1) is 23.4. The summed E-state index contributed by atoms with van der Waals surface area (Å²) in [6.45, 7) is 3.90. The fraction of sp³-hybridized carbons (Fsp3) is 0.115. The van der Waals surface area contributed by atoms with Gasteiger partial charge in [-0.3, -0.25) is 14.9 Å². The molecule has 0 aliphatic rings. The summed E-state index contributed by atoms with van der Waals surface area (Å²) in [4.78, 5) is 28.1. The molecular formula is C26H22N4O5. The van der Waals surface area contributed by atoms with Crippen LogP contribution in [-0.4, -0.2) is 33.2 Å². The highest BCUT2D eigenvalue weighted by atomic mass is 16.6. The van der Waals surface area contributed by atoms with E-state index in [9.17, 15) is 20.0 Å². The number of amides is 1. The molecule has 9 nitrogen and oxygen atoms in total. The molecule has 0 bridgehead atoms. The van der Waals surface area contributed by atoms with E-state index in [2.05, 4.69) is 15.5 Å². The van der Waals surface area contributed by atoms with Crippen molar-refractivity contribution in [1.29, 1.82) is 0 Å². The highest BCUT2D eigenvalue weighted by Gasteiger charge is 2.14. The third-order valence-electron chi connectivity index (χ3n) is 5.07. The van der Waals surface area contributed by atoms with Gasteiger partial charge in [0.1, 0.15) is 11.5 Å². The van der Waals surface area contributed by atoms with Crippen molar-refractivity contribution >= 4 is 28.7 Å². The van der Waals surface area contributed by atoms with Crippen molar-refractivity contribution in [3.8, 4) is 22.8 Å². The molecule has 0 unspecified atom stereocenters. The number of aromatic hydroxyl groups is 1. The number of benzene rings is 3. The lowest BCUT2D eigenvalue weighted by Crippen LogP contribution is -2.18. The highest BCUT2D eigenvalue weighted by molar-refractivity contribution is 6.07. The Morgan fingerprint density at radius 1 is 1.11 bits per heavy atom. The van der Waals surface area contributed by atoms with E-state index in [-0.39, 0.29) is 23.1 Å². The molecule has 1 heterocycles. The molecule has 0 spiro atoms. The normalized spacial score (nSPS) is 11.2. The number of hydrogen-bond donors (Lipinski definition) is 2. The summed E-state index contributed by atoms with van der Waals surface area (Å²) in [5.41, 5.74) is 4.73. The maximum absolute atomic E-state index is 13.0. The molecule has 35 heavy (non-hydrogen) atoms. The van der Waals surface area contributed by atoms with Crippen LogP contribution in [-0.2, 0) is 0 Å². The largest absolute Gasteiger partial charge is 0.507 e. The summed E-state index contributed by atoms with van der Waals surface area (Å²) in [6, 6.07) is 19.9. The van der Waals surface area contributed by atoms with Crippen LogP contribution in [0.5, 0.6) is 11.5 Å². The third kappa shape index (κ3) is 5.41. The number of hydrogen-bond acceptors (Lipinski definition) is 7. The Bertz CT molecular complexity index is 1430. The molecule has 0 aliphatic carbocycles. The fourth-order valence-electron chi connectivity index (χ4n) is 3.47. The molecule has 9 heteroatoms. The molecule has 176 valence electrons. The van der Waals surface area contributed by atoms with E-state index in [0.717, 1.165) is 23.6 Å². The Labute approximate surface area is 200 Å². The Kier molecular flexibility index (Phi) is 6.68. The van der Waals surface area contributed by atoms with Gasteiger partial charge in [0, 0.05) is 28.6 Å². The molecule has 1 amide bonds. The number of aromatic nitrogens is 1. The van der Waals surface area contributed by atoms with Crippen molar-refractivity contribution in [2.45, 2.75) is 20.0 Å². The van der Waals surface area contributed by atoms with E-state index >= 15 is 0 Å². The van der Waals surface area contributed by atoms with E-state index in [4.69, 9.17) is 4.74 Å². The van der Waals surface area contributed by atoms with Gasteiger partial charge in [0.05, 0.1) is 34.0 Å². The second-order valence-electron chi connectivity index (χ2n) is 7.96. The molecular weight excluding hydrogens is 448 g/mol. The molecule has 4 rings (SSSR count). The van der Waals surface area contributed by atoms with Crippen LogP contribution in [0.3, 0.4) is 0 Å². The first-order valence-corrected chi connectivity index (χ1v) is 10.8. The highest BCUT2D eigenvalue weighted by Crippen LogP contribution is 2.27. The standard InChI is InChI=1S/C26H22N4O5/c1-16(2)35-20-10-7-17(8-11-20)24-14-22(21-5-3-4-6-23(21)28-24)26(32)29-27-15-18-13-19(30(33)34)9-12-25(18)31/h3-16,31H,1-2H3,(H,29,32)/b27-15-. The molecule has 3 aromatic carbocycles. The van der Waals surface area contributed by atoms with Crippen LogP contribution >= 0.6 is 0 Å². The molecule has 2 N–H and O–H groups in total. The molecule has 0 fully saturated rings. The van der Waals surface area contributed by atoms with Crippen molar-refractivity contribution in [3.63, 3.8) is 0 Å². The summed E-state index contributed by atoms with van der Waals surface area (Å²) in [7, 11) is 0. The topological polar surface area (TPSA) is 127 Å². The van der Waals surface area contributed by atoms with Crippen LogP contribution < -0.4 is 10.2 Å². The number of fused-ring (bicyclic) bond motifs is 1. The zero-order valence-corrected chi connectivity index (χ0v) is 19.0. The number of carbonyl (C=O) groups excluding carboxylic acids is 1. The van der Waals surface area contributed by atoms with Crippen LogP contribution in [0.2, 0.25) is 0 Å². The smallest absolute Gasteiger partial charge is 0.272 e. The lowest BCUT2D eigenvalue weighted by Gasteiger charge is -2.11. The summed E-state index contributed by atoms with van der Waals surface area (Å²) in [6.07, 6.45) is 1.21. The first-order valence-electron chi connectivity index (χ1n) is 10.8. The number of nitrogens with one attached hydrogen (secondary N) is 1. The van der Waals surface area contributed by atoms with Gasteiger partial charge in [-0.25, -0.2) is 10.4 Å².